The molecule has 112 valence electrons. The van der Waals surface area contributed by atoms with Gasteiger partial charge in [-0.1, -0.05) is 0 Å². The Labute approximate surface area is 122 Å². The van der Waals surface area contributed by atoms with Crippen molar-refractivity contribution in [2.45, 2.75) is 25.5 Å². The first kappa shape index (κ1) is 14.0. The molecule has 21 heavy (non-hydrogen) atoms. The lowest BCUT2D eigenvalue weighted by atomic mass is 10.1. The highest BCUT2D eigenvalue weighted by Gasteiger charge is 2.21. The second-order valence-corrected chi connectivity index (χ2v) is 5.24. The molecule has 2 aromatic rings. The molecule has 0 bridgehead atoms. The lowest BCUT2D eigenvalue weighted by Crippen LogP contribution is -2.37. The Hall–Kier alpha value is -1.99. The molecule has 1 N–H and O–H groups in total. The molecule has 7 nitrogen and oxygen atoms in total. The Morgan fingerprint density at radius 1 is 1.43 bits per heavy atom. The van der Waals surface area contributed by atoms with Crippen molar-refractivity contribution in [3.05, 3.63) is 30.4 Å². The molecule has 0 aliphatic carbocycles. The number of hydrogen-bond donors (Lipinski definition) is 1. The van der Waals surface area contributed by atoms with Crippen LogP contribution in [0.2, 0.25) is 0 Å². The van der Waals surface area contributed by atoms with E-state index >= 15 is 0 Å². The third kappa shape index (κ3) is 3.56. The molecule has 1 aliphatic rings. The minimum absolute atomic E-state index is 0.0556. The topological polar surface area (TPSA) is 80.0 Å². The number of aromatic nitrogens is 3. The quantitative estimate of drug-likeness (QED) is 0.877. The minimum atomic E-state index is -0.908. The Morgan fingerprint density at radius 3 is 2.95 bits per heavy atom. The predicted octanol–water partition coefficient (Wildman–Crippen LogP) is 0.795. The monoisotopic (exact) mass is 290 g/mol. The van der Waals surface area contributed by atoms with Crippen molar-refractivity contribution in [2.24, 2.45) is 0 Å². The van der Waals surface area contributed by atoms with Crippen LogP contribution in [0.25, 0.3) is 5.78 Å². The number of aliphatic carboxylic acids is 1. The third-order valence-corrected chi connectivity index (χ3v) is 3.65. The first-order chi connectivity index (χ1) is 10.2. The van der Waals surface area contributed by atoms with Crippen LogP contribution in [-0.4, -0.2) is 56.1 Å². The van der Waals surface area contributed by atoms with E-state index in [1.165, 1.54) is 0 Å². The van der Waals surface area contributed by atoms with Crippen LogP contribution in [-0.2, 0) is 16.1 Å². The van der Waals surface area contributed by atoms with Crippen molar-refractivity contribution in [1.29, 1.82) is 0 Å². The number of carbonyl (C=O) groups is 1. The van der Waals surface area contributed by atoms with Crippen LogP contribution in [0.1, 0.15) is 18.5 Å². The van der Waals surface area contributed by atoms with Crippen LogP contribution in [0, 0.1) is 0 Å². The molecular weight excluding hydrogens is 272 g/mol. The normalized spacial score (nSPS) is 17.3. The van der Waals surface area contributed by atoms with Crippen LogP contribution in [0.4, 0.5) is 0 Å². The van der Waals surface area contributed by atoms with Crippen LogP contribution in [0.15, 0.2) is 24.7 Å². The largest absolute Gasteiger partial charge is 0.480 e. The van der Waals surface area contributed by atoms with Crippen molar-refractivity contribution in [3.8, 4) is 0 Å². The highest BCUT2D eigenvalue weighted by molar-refractivity contribution is 5.68. The van der Waals surface area contributed by atoms with Gasteiger partial charge in [0.15, 0.2) is 0 Å². The van der Waals surface area contributed by atoms with Gasteiger partial charge in [0.1, 0.15) is 6.61 Å². The van der Waals surface area contributed by atoms with Crippen LogP contribution < -0.4 is 0 Å². The lowest BCUT2D eigenvalue weighted by molar-refractivity contribution is -0.145. The van der Waals surface area contributed by atoms with Crippen molar-refractivity contribution < 1.29 is 14.6 Å². The zero-order chi connectivity index (χ0) is 14.7. The van der Waals surface area contributed by atoms with Gasteiger partial charge in [0.25, 0.3) is 0 Å². The number of carboxylic acid groups (broad SMARTS) is 1. The van der Waals surface area contributed by atoms with E-state index in [0.29, 0.717) is 5.78 Å². The Balaban J connectivity index is 1.52. The SMILES string of the molecule is O=C(O)COC1CCN(Cc2cn3cccnc3n2)CC1. The first-order valence-electron chi connectivity index (χ1n) is 7.05. The number of carboxylic acids is 1. The summed E-state index contributed by atoms with van der Waals surface area (Å²) in [6.45, 7) is 2.37. The highest BCUT2D eigenvalue weighted by Crippen LogP contribution is 2.16. The van der Waals surface area contributed by atoms with E-state index in [-0.39, 0.29) is 12.7 Å². The van der Waals surface area contributed by atoms with Gasteiger partial charge >= 0.3 is 5.97 Å². The highest BCUT2D eigenvalue weighted by atomic mass is 16.5. The van der Waals surface area contributed by atoms with Gasteiger partial charge in [0.05, 0.1) is 11.8 Å². The number of ether oxygens (including phenoxy) is 1. The maximum absolute atomic E-state index is 10.5. The summed E-state index contributed by atoms with van der Waals surface area (Å²) in [6.07, 6.45) is 7.44. The summed E-state index contributed by atoms with van der Waals surface area (Å²) in [5.74, 6) is -0.193. The summed E-state index contributed by atoms with van der Waals surface area (Å²) in [5, 5.41) is 8.61. The van der Waals surface area contributed by atoms with Crippen molar-refractivity contribution in [2.75, 3.05) is 19.7 Å². The summed E-state index contributed by atoms with van der Waals surface area (Å²) >= 11 is 0. The molecule has 7 heteroatoms. The predicted molar refractivity (Wildman–Crippen MR) is 74.9 cm³/mol. The molecule has 0 spiro atoms. The molecule has 1 fully saturated rings. The minimum Gasteiger partial charge on any atom is -0.480 e. The van der Waals surface area contributed by atoms with Crippen molar-refractivity contribution in [3.63, 3.8) is 0 Å². The molecule has 0 atom stereocenters. The van der Waals surface area contributed by atoms with E-state index in [4.69, 9.17) is 9.84 Å². The molecule has 0 amide bonds. The number of nitrogens with zero attached hydrogens (tertiary/aromatic N) is 4. The summed E-state index contributed by atoms with van der Waals surface area (Å²) in [7, 11) is 0. The maximum Gasteiger partial charge on any atom is 0.329 e. The van der Waals surface area contributed by atoms with E-state index in [2.05, 4.69) is 14.9 Å². The molecule has 2 aromatic heterocycles. The fraction of sp³-hybridized carbons (Fsp3) is 0.500. The molecule has 0 aromatic carbocycles. The van der Waals surface area contributed by atoms with E-state index in [1.54, 1.807) is 6.20 Å². The van der Waals surface area contributed by atoms with Crippen LogP contribution in [0.3, 0.4) is 0 Å². The van der Waals surface area contributed by atoms with Gasteiger partial charge < -0.3 is 9.84 Å². The fourth-order valence-electron chi connectivity index (χ4n) is 2.61. The first-order valence-corrected chi connectivity index (χ1v) is 7.05. The number of imidazole rings is 1. The molecule has 0 saturated carbocycles. The summed E-state index contributed by atoms with van der Waals surface area (Å²) in [4.78, 5) is 21.5. The van der Waals surface area contributed by atoms with Gasteiger partial charge in [-0.15, -0.1) is 0 Å². The van der Waals surface area contributed by atoms with Gasteiger partial charge in [-0.2, -0.15) is 0 Å². The molecule has 0 unspecified atom stereocenters. The van der Waals surface area contributed by atoms with Gasteiger partial charge in [-0.3, -0.25) is 9.30 Å². The van der Waals surface area contributed by atoms with Crippen molar-refractivity contribution in [1.82, 2.24) is 19.3 Å². The molecule has 1 aliphatic heterocycles. The van der Waals surface area contributed by atoms with Crippen LogP contribution >= 0.6 is 0 Å². The number of hydrogen-bond acceptors (Lipinski definition) is 5. The average molecular weight is 290 g/mol. The van der Waals surface area contributed by atoms with E-state index in [9.17, 15) is 4.79 Å². The summed E-state index contributed by atoms with van der Waals surface area (Å²) in [6, 6.07) is 1.88. The zero-order valence-corrected chi connectivity index (χ0v) is 11.7. The number of piperidine rings is 1. The number of likely N-dealkylation sites (tertiary alicyclic amines) is 1. The molecule has 1 saturated heterocycles. The van der Waals surface area contributed by atoms with Gasteiger partial charge in [-0.25, -0.2) is 14.8 Å². The Morgan fingerprint density at radius 2 is 2.24 bits per heavy atom. The van der Waals surface area contributed by atoms with Gasteiger partial charge in [0.2, 0.25) is 5.78 Å². The standard InChI is InChI=1S/C14H18N4O3/c19-13(20)10-21-12-2-6-17(7-3-12)8-11-9-18-5-1-4-15-14(18)16-11/h1,4-5,9,12H,2-3,6-8,10H2,(H,19,20). The van der Waals surface area contributed by atoms with Gasteiger partial charge in [0, 0.05) is 38.2 Å². The van der Waals surface area contributed by atoms with E-state index in [1.807, 2.05) is 22.9 Å². The average Bonchev–Trinajstić information content (AvgIpc) is 2.88. The second kappa shape index (κ2) is 6.19. The second-order valence-electron chi connectivity index (χ2n) is 5.24. The maximum atomic E-state index is 10.5. The van der Waals surface area contributed by atoms with E-state index < -0.39 is 5.97 Å². The third-order valence-electron chi connectivity index (χ3n) is 3.65. The van der Waals surface area contributed by atoms with Crippen LogP contribution in [0.5, 0.6) is 0 Å². The number of rotatable bonds is 5. The molecular formula is C14H18N4O3. The Kier molecular flexibility index (Phi) is 4.12. The molecule has 3 heterocycles. The smallest absolute Gasteiger partial charge is 0.329 e. The number of fused-ring (bicyclic) bond motifs is 1. The summed E-state index contributed by atoms with van der Waals surface area (Å²) in [5.41, 5.74) is 0.999. The lowest BCUT2D eigenvalue weighted by Gasteiger charge is -2.30. The molecule has 0 radical (unpaired) electrons. The van der Waals surface area contributed by atoms with Gasteiger partial charge in [-0.05, 0) is 18.9 Å². The Bertz CT molecular complexity index is 586. The molecule has 3 rings (SSSR count). The van der Waals surface area contributed by atoms with E-state index in [0.717, 1.165) is 38.2 Å². The fourth-order valence-corrected chi connectivity index (χ4v) is 2.61. The zero-order valence-electron chi connectivity index (χ0n) is 11.7. The summed E-state index contributed by atoms with van der Waals surface area (Å²) < 4.78 is 7.25. The van der Waals surface area contributed by atoms with Crippen molar-refractivity contribution >= 4 is 11.7 Å².